The van der Waals surface area contributed by atoms with Crippen LogP contribution in [0.25, 0.3) is 0 Å². The molecule has 0 saturated heterocycles. The summed E-state index contributed by atoms with van der Waals surface area (Å²) in [6.45, 7) is 4.94. The zero-order valence-electron chi connectivity index (χ0n) is 9.53. The van der Waals surface area contributed by atoms with Crippen molar-refractivity contribution in [3.05, 3.63) is 40.1 Å². The Morgan fingerprint density at radius 1 is 1.38 bits per heavy atom. The molecule has 0 aliphatic carbocycles. The lowest BCUT2D eigenvalue weighted by atomic mass is 10.3. The largest absolute Gasteiger partial charge is 0.385 e. The molecule has 3 nitrogen and oxygen atoms in total. The van der Waals surface area contributed by atoms with Crippen LogP contribution in [0.15, 0.2) is 23.7 Å². The van der Waals surface area contributed by atoms with Crippen LogP contribution in [-0.2, 0) is 6.42 Å². The highest BCUT2D eigenvalue weighted by Gasteiger charge is 1.98. The molecule has 16 heavy (non-hydrogen) atoms. The van der Waals surface area contributed by atoms with Gasteiger partial charge in [0.2, 0.25) is 0 Å². The number of rotatable bonds is 4. The highest BCUT2D eigenvalue weighted by molar-refractivity contribution is 7.09. The molecule has 1 N–H and O–H groups in total. The van der Waals surface area contributed by atoms with E-state index in [-0.39, 0.29) is 0 Å². The monoisotopic (exact) mass is 233 g/mol. The molecule has 0 aromatic carbocycles. The second-order valence-electron chi connectivity index (χ2n) is 3.72. The maximum Gasteiger partial charge on any atom is 0.0897 e. The fraction of sp³-hybridized carbons (Fsp3) is 0.333. The lowest BCUT2D eigenvalue weighted by molar-refractivity contribution is 0.967. The average Bonchev–Trinajstić information content (AvgIpc) is 2.64. The molecule has 0 spiro atoms. The van der Waals surface area contributed by atoms with Crippen molar-refractivity contribution in [2.24, 2.45) is 0 Å². The van der Waals surface area contributed by atoms with E-state index in [9.17, 15) is 0 Å². The molecule has 2 aromatic heterocycles. The molecule has 0 aliphatic heterocycles. The Labute approximate surface area is 99.6 Å². The van der Waals surface area contributed by atoms with Gasteiger partial charge in [-0.2, -0.15) is 0 Å². The fourth-order valence-corrected chi connectivity index (χ4v) is 2.16. The third-order valence-corrected chi connectivity index (χ3v) is 3.10. The van der Waals surface area contributed by atoms with Crippen molar-refractivity contribution >= 4 is 17.0 Å². The first-order valence-corrected chi connectivity index (χ1v) is 6.19. The topological polar surface area (TPSA) is 37.8 Å². The van der Waals surface area contributed by atoms with Crippen LogP contribution >= 0.6 is 11.3 Å². The van der Waals surface area contributed by atoms with E-state index in [1.807, 2.05) is 32.2 Å². The maximum atomic E-state index is 4.43. The van der Waals surface area contributed by atoms with E-state index in [1.54, 1.807) is 11.3 Å². The van der Waals surface area contributed by atoms with Gasteiger partial charge in [-0.15, -0.1) is 11.3 Å². The molecule has 0 amide bonds. The summed E-state index contributed by atoms with van der Waals surface area (Å²) in [5, 5.41) is 6.62. The van der Waals surface area contributed by atoms with Crippen molar-refractivity contribution in [1.82, 2.24) is 9.97 Å². The van der Waals surface area contributed by atoms with Crippen LogP contribution in [0.1, 0.15) is 16.4 Å². The van der Waals surface area contributed by atoms with Gasteiger partial charge in [-0.25, -0.2) is 4.98 Å². The van der Waals surface area contributed by atoms with Crippen molar-refractivity contribution in [2.75, 3.05) is 11.9 Å². The van der Waals surface area contributed by atoms with Crippen molar-refractivity contribution in [3.63, 3.8) is 0 Å². The number of nitrogens with one attached hydrogen (secondary N) is 1. The van der Waals surface area contributed by atoms with Gasteiger partial charge in [0.1, 0.15) is 0 Å². The lowest BCUT2D eigenvalue weighted by Crippen LogP contribution is -2.05. The van der Waals surface area contributed by atoms with Crippen molar-refractivity contribution < 1.29 is 0 Å². The van der Waals surface area contributed by atoms with E-state index >= 15 is 0 Å². The SMILES string of the molecule is Cc1cc(NCCc2csc(C)n2)ccn1. The van der Waals surface area contributed by atoms with Gasteiger partial charge in [-0.05, 0) is 26.0 Å². The molecular weight excluding hydrogens is 218 g/mol. The minimum atomic E-state index is 0.909. The molecule has 0 radical (unpaired) electrons. The van der Waals surface area contributed by atoms with E-state index in [2.05, 4.69) is 20.7 Å². The molecular formula is C12H15N3S. The average molecular weight is 233 g/mol. The second kappa shape index (κ2) is 5.07. The van der Waals surface area contributed by atoms with Crippen molar-refractivity contribution in [3.8, 4) is 0 Å². The van der Waals surface area contributed by atoms with E-state index in [1.165, 1.54) is 5.69 Å². The number of hydrogen-bond acceptors (Lipinski definition) is 4. The normalized spacial score (nSPS) is 10.4. The minimum absolute atomic E-state index is 0.909. The first-order chi connectivity index (χ1) is 7.74. The number of nitrogens with zero attached hydrogens (tertiary/aromatic N) is 2. The van der Waals surface area contributed by atoms with E-state index in [0.29, 0.717) is 0 Å². The van der Waals surface area contributed by atoms with E-state index < -0.39 is 0 Å². The molecule has 2 aromatic rings. The Hall–Kier alpha value is -1.42. The zero-order valence-corrected chi connectivity index (χ0v) is 10.3. The first kappa shape index (κ1) is 11.1. The fourth-order valence-electron chi connectivity index (χ4n) is 1.51. The van der Waals surface area contributed by atoms with Crippen LogP contribution < -0.4 is 5.32 Å². The molecule has 0 aliphatic rings. The molecule has 0 bridgehead atoms. The van der Waals surface area contributed by atoms with Gasteiger partial charge < -0.3 is 5.32 Å². The molecule has 0 fully saturated rings. The van der Waals surface area contributed by atoms with Crippen LogP contribution in [0.3, 0.4) is 0 Å². The van der Waals surface area contributed by atoms with E-state index in [0.717, 1.165) is 29.4 Å². The number of thiazole rings is 1. The summed E-state index contributed by atoms with van der Waals surface area (Å²) in [6, 6.07) is 4.03. The Morgan fingerprint density at radius 3 is 2.94 bits per heavy atom. The molecule has 2 rings (SSSR count). The molecule has 2 heterocycles. The van der Waals surface area contributed by atoms with Crippen LogP contribution in [0, 0.1) is 13.8 Å². The Bertz CT molecular complexity index is 465. The van der Waals surface area contributed by atoms with Crippen LogP contribution in [0.5, 0.6) is 0 Å². The highest BCUT2D eigenvalue weighted by atomic mass is 32.1. The third kappa shape index (κ3) is 3.03. The molecule has 0 atom stereocenters. The molecule has 0 saturated carbocycles. The quantitative estimate of drug-likeness (QED) is 0.882. The van der Waals surface area contributed by atoms with Crippen LogP contribution in [-0.4, -0.2) is 16.5 Å². The van der Waals surface area contributed by atoms with Gasteiger partial charge in [-0.3, -0.25) is 4.98 Å². The summed E-state index contributed by atoms with van der Waals surface area (Å²) in [4.78, 5) is 8.58. The van der Waals surface area contributed by atoms with Crippen LogP contribution in [0.2, 0.25) is 0 Å². The van der Waals surface area contributed by atoms with Gasteiger partial charge in [0.05, 0.1) is 10.7 Å². The van der Waals surface area contributed by atoms with Gasteiger partial charge in [-0.1, -0.05) is 0 Å². The maximum absolute atomic E-state index is 4.43. The lowest BCUT2D eigenvalue weighted by Gasteiger charge is -2.05. The number of aromatic nitrogens is 2. The van der Waals surface area contributed by atoms with Crippen molar-refractivity contribution in [1.29, 1.82) is 0 Å². The number of hydrogen-bond donors (Lipinski definition) is 1. The van der Waals surface area contributed by atoms with Gasteiger partial charge in [0.25, 0.3) is 0 Å². The van der Waals surface area contributed by atoms with Gasteiger partial charge in [0, 0.05) is 35.9 Å². The van der Waals surface area contributed by atoms with E-state index in [4.69, 9.17) is 0 Å². The summed E-state index contributed by atoms with van der Waals surface area (Å²) < 4.78 is 0. The number of anilines is 1. The standard InChI is InChI=1S/C12H15N3S/c1-9-7-11(3-5-13-9)14-6-4-12-8-16-10(2)15-12/h3,5,7-8H,4,6H2,1-2H3,(H,13,14). The minimum Gasteiger partial charge on any atom is -0.385 e. The van der Waals surface area contributed by atoms with Crippen LogP contribution in [0.4, 0.5) is 5.69 Å². The Balaban J connectivity index is 1.84. The smallest absolute Gasteiger partial charge is 0.0897 e. The van der Waals surface area contributed by atoms with Gasteiger partial charge in [0.15, 0.2) is 0 Å². The summed E-state index contributed by atoms with van der Waals surface area (Å²) in [6.07, 6.45) is 2.79. The summed E-state index contributed by atoms with van der Waals surface area (Å²) in [5.74, 6) is 0. The predicted octanol–water partition coefficient (Wildman–Crippen LogP) is 2.81. The van der Waals surface area contributed by atoms with Gasteiger partial charge >= 0.3 is 0 Å². The number of aryl methyl sites for hydroxylation is 2. The Kier molecular flexibility index (Phi) is 3.51. The van der Waals surface area contributed by atoms with Crippen molar-refractivity contribution in [2.45, 2.75) is 20.3 Å². The number of pyridine rings is 1. The summed E-state index contributed by atoms with van der Waals surface area (Å²) >= 11 is 1.70. The second-order valence-corrected chi connectivity index (χ2v) is 4.78. The summed E-state index contributed by atoms with van der Waals surface area (Å²) in [7, 11) is 0. The Morgan fingerprint density at radius 2 is 2.25 bits per heavy atom. The third-order valence-electron chi connectivity index (χ3n) is 2.27. The first-order valence-electron chi connectivity index (χ1n) is 5.31. The molecule has 84 valence electrons. The molecule has 0 unspecified atom stereocenters. The molecule has 4 heteroatoms. The highest BCUT2D eigenvalue weighted by Crippen LogP contribution is 2.10. The predicted molar refractivity (Wildman–Crippen MR) is 68.0 cm³/mol. The zero-order chi connectivity index (χ0) is 11.4. The summed E-state index contributed by atoms with van der Waals surface area (Å²) in [5.41, 5.74) is 3.33.